The second-order valence-electron chi connectivity index (χ2n) is 11.3. The van der Waals surface area contributed by atoms with E-state index in [4.69, 9.17) is 15.0 Å². The summed E-state index contributed by atoms with van der Waals surface area (Å²) in [5, 5.41) is 5.88. The summed E-state index contributed by atoms with van der Waals surface area (Å²) in [5.41, 5.74) is 9.23. The van der Waals surface area contributed by atoms with Crippen LogP contribution in [-0.2, 0) is 0 Å². The molecular formula is C41H26N4. The van der Waals surface area contributed by atoms with Gasteiger partial charge in [-0.3, -0.25) is 4.98 Å². The van der Waals surface area contributed by atoms with E-state index in [1.807, 2.05) is 48.7 Å². The molecule has 4 nitrogen and oxygen atoms in total. The molecule has 3 heterocycles. The molecule has 9 rings (SSSR count). The number of aromatic nitrogens is 4. The van der Waals surface area contributed by atoms with E-state index in [0.717, 1.165) is 61.1 Å². The van der Waals surface area contributed by atoms with Gasteiger partial charge in [0.1, 0.15) is 0 Å². The van der Waals surface area contributed by atoms with E-state index >= 15 is 0 Å². The van der Waals surface area contributed by atoms with Gasteiger partial charge < -0.3 is 4.57 Å². The highest BCUT2D eigenvalue weighted by molar-refractivity contribution is 6.31. The number of nitrogens with zero attached hydrogens (tertiary/aromatic N) is 4. The van der Waals surface area contributed by atoms with Crippen molar-refractivity contribution in [3.05, 3.63) is 158 Å². The molecule has 3 aromatic heterocycles. The lowest BCUT2D eigenvalue weighted by molar-refractivity contribution is 1.17. The van der Waals surface area contributed by atoms with E-state index in [0.29, 0.717) is 5.82 Å². The van der Waals surface area contributed by atoms with Gasteiger partial charge in [-0.2, -0.15) is 0 Å². The van der Waals surface area contributed by atoms with Crippen LogP contribution in [0.5, 0.6) is 0 Å². The molecule has 9 aromatic rings. The average Bonchev–Trinajstić information content (AvgIpc) is 3.48. The maximum atomic E-state index is 5.13. The third kappa shape index (κ3) is 4.11. The maximum absolute atomic E-state index is 5.13. The molecule has 0 unspecified atom stereocenters. The largest absolute Gasteiger partial charge is 0.309 e. The van der Waals surface area contributed by atoms with Crippen molar-refractivity contribution in [3.63, 3.8) is 0 Å². The summed E-state index contributed by atoms with van der Waals surface area (Å²) in [6, 6.07) is 52.8. The maximum Gasteiger partial charge on any atom is 0.160 e. The van der Waals surface area contributed by atoms with Crippen LogP contribution in [0.2, 0.25) is 0 Å². The summed E-state index contributed by atoms with van der Waals surface area (Å²) in [6.07, 6.45) is 1.88. The Morgan fingerprint density at radius 2 is 1.04 bits per heavy atom. The van der Waals surface area contributed by atoms with Gasteiger partial charge in [-0.15, -0.1) is 0 Å². The molecule has 0 atom stereocenters. The number of hydrogen-bond acceptors (Lipinski definition) is 3. The Balaban J connectivity index is 1.39. The van der Waals surface area contributed by atoms with Crippen LogP contribution >= 0.6 is 0 Å². The van der Waals surface area contributed by atoms with Crippen molar-refractivity contribution < 1.29 is 0 Å². The fraction of sp³-hybridized carbons (Fsp3) is 0. The second-order valence-corrected chi connectivity index (χ2v) is 11.3. The number of para-hydroxylation sites is 1. The molecular weight excluding hydrogens is 548 g/mol. The molecule has 0 spiro atoms. The first kappa shape index (κ1) is 25.4. The molecule has 0 N–H and O–H groups in total. The van der Waals surface area contributed by atoms with Crippen molar-refractivity contribution in [3.8, 4) is 39.6 Å². The predicted molar refractivity (Wildman–Crippen MR) is 185 cm³/mol. The van der Waals surface area contributed by atoms with Gasteiger partial charge in [-0.05, 0) is 41.8 Å². The third-order valence-corrected chi connectivity index (χ3v) is 8.62. The van der Waals surface area contributed by atoms with Gasteiger partial charge in [0.2, 0.25) is 0 Å². The Morgan fingerprint density at radius 1 is 0.444 bits per heavy atom. The summed E-state index contributed by atoms with van der Waals surface area (Å²) < 4.78 is 2.38. The minimum Gasteiger partial charge on any atom is -0.309 e. The average molecular weight is 575 g/mol. The molecule has 0 aliphatic rings. The van der Waals surface area contributed by atoms with Gasteiger partial charge in [0, 0.05) is 50.1 Å². The topological polar surface area (TPSA) is 43.6 Å². The monoisotopic (exact) mass is 574 g/mol. The number of fused-ring (bicyclic) bond motifs is 8. The zero-order valence-corrected chi connectivity index (χ0v) is 24.3. The second kappa shape index (κ2) is 10.2. The lowest BCUT2D eigenvalue weighted by Crippen LogP contribution is -1.97. The van der Waals surface area contributed by atoms with Crippen molar-refractivity contribution in [2.45, 2.75) is 0 Å². The zero-order valence-electron chi connectivity index (χ0n) is 24.3. The van der Waals surface area contributed by atoms with Crippen LogP contribution in [-0.4, -0.2) is 19.5 Å². The third-order valence-electron chi connectivity index (χ3n) is 8.62. The van der Waals surface area contributed by atoms with Gasteiger partial charge in [-0.25, -0.2) is 9.97 Å². The van der Waals surface area contributed by atoms with Gasteiger partial charge in [0.05, 0.1) is 27.9 Å². The first-order valence-corrected chi connectivity index (χ1v) is 15.1. The molecule has 4 heteroatoms. The highest BCUT2D eigenvalue weighted by atomic mass is 15.0. The molecule has 0 radical (unpaired) electrons. The molecule has 0 aliphatic heterocycles. The summed E-state index contributed by atoms with van der Waals surface area (Å²) in [4.78, 5) is 15.1. The van der Waals surface area contributed by atoms with Crippen LogP contribution in [0.3, 0.4) is 0 Å². The molecule has 0 aliphatic carbocycles. The Bertz CT molecular complexity index is 2460. The summed E-state index contributed by atoms with van der Waals surface area (Å²) in [5.74, 6) is 0.693. The Labute approximate surface area is 259 Å². The normalized spacial score (nSPS) is 11.6. The van der Waals surface area contributed by atoms with Gasteiger partial charge >= 0.3 is 0 Å². The van der Waals surface area contributed by atoms with Crippen LogP contribution < -0.4 is 0 Å². The van der Waals surface area contributed by atoms with E-state index in [2.05, 4.69) is 114 Å². The van der Waals surface area contributed by atoms with Gasteiger partial charge in [0.15, 0.2) is 5.82 Å². The fourth-order valence-electron chi connectivity index (χ4n) is 6.61. The van der Waals surface area contributed by atoms with Crippen molar-refractivity contribution in [1.82, 2.24) is 19.5 Å². The Morgan fingerprint density at radius 3 is 1.73 bits per heavy atom. The smallest absolute Gasteiger partial charge is 0.160 e. The lowest BCUT2D eigenvalue weighted by atomic mass is 9.99. The molecule has 45 heavy (non-hydrogen) atoms. The first-order valence-electron chi connectivity index (χ1n) is 15.1. The standard InChI is InChI=1S/C41H26N4/c1-4-13-27(14-5-1)35-26-36(28-15-6-2-7-16-28)44-41(43-35)29-22-23-33-37(25-29)45(30-17-8-3-9-18-30)40-34-21-12-24-42-39(34)32-20-11-10-19-31(32)38(33)40/h1-26H. The van der Waals surface area contributed by atoms with E-state index < -0.39 is 0 Å². The molecule has 0 saturated heterocycles. The van der Waals surface area contributed by atoms with Crippen molar-refractivity contribution in [2.75, 3.05) is 0 Å². The lowest BCUT2D eigenvalue weighted by Gasteiger charge is -2.12. The predicted octanol–water partition coefficient (Wildman–Crippen LogP) is 10.3. The van der Waals surface area contributed by atoms with Gasteiger partial charge in [0.25, 0.3) is 0 Å². The van der Waals surface area contributed by atoms with E-state index in [1.54, 1.807) is 0 Å². The highest BCUT2D eigenvalue weighted by Gasteiger charge is 2.20. The summed E-state index contributed by atoms with van der Waals surface area (Å²) >= 11 is 0. The van der Waals surface area contributed by atoms with E-state index in [1.165, 1.54) is 16.2 Å². The van der Waals surface area contributed by atoms with Crippen LogP contribution in [0, 0.1) is 0 Å². The summed E-state index contributed by atoms with van der Waals surface area (Å²) in [7, 11) is 0. The van der Waals surface area contributed by atoms with Crippen LogP contribution in [0.1, 0.15) is 0 Å². The van der Waals surface area contributed by atoms with Crippen molar-refractivity contribution in [1.29, 1.82) is 0 Å². The van der Waals surface area contributed by atoms with Gasteiger partial charge in [-0.1, -0.05) is 115 Å². The minimum absolute atomic E-state index is 0.693. The van der Waals surface area contributed by atoms with Crippen LogP contribution in [0.25, 0.3) is 83.1 Å². The first-order chi connectivity index (χ1) is 22.3. The number of rotatable bonds is 4. The highest BCUT2D eigenvalue weighted by Crippen LogP contribution is 2.42. The molecule has 0 saturated carbocycles. The molecule has 6 aromatic carbocycles. The molecule has 0 amide bonds. The number of hydrogen-bond donors (Lipinski definition) is 0. The number of pyridine rings is 1. The van der Waals surface area contributed by atoms with E-state index in [9.17, 15) is 0 Å². The Hall–Kier alpha value is -6.13. The molecule has 210 valence electrons. The quantitative estimate of drug-likeness (QED) is 0.196. The van der Waals surface area contributed by atoms with Crippen molar-refractivity contribution >= 4 is 43.5 Å². The molecule has 0 fully saturated rings. The van der Waals surface area contributed by atoms with Crippen LogP contribution in [0.4, 0.5) is 0 Å². The Kier molecular flexibility index (Phi) is 5.78. The van der Waals surface area contributed by atoms with Crippen molar-refractivity contribution in [2.24, 2.45) is 0 Å². The van der Waals surface area contributed by atoms with E-state index in [-0.39, 0.29) is 0 Å². The zero-order chi connectivity index (χ0) is 29.7. The minimum atomic E-state index is 0.693. The SMILES string of the molecule is c1ccc(-c2cc(-c3ccccc3)nc(-c3ccc4c5c6ccccc6c6ncccc6c5n(-c5ccccc5)c4c3)n2)cc1. The number of benzene rings is 6. The molecule has 0 bridgehead atoms. The van der Waals surface area contributed by atoms with Crippen LogP contribution in [0.15, 0.2) is 158 Å². The summed E-state index contributed by atoms with van der Waals surface area (Å²) in [6.45, 7) is 0. The fourth-order valence-corrected chi connectivity index (χ4v) is 6.61.